The van der Waals surface area contributed by atoms with Gasteiger partial charge in [0.05, 0.1) is 17.0 Å². The van der Waals surface area contributed by atoms with E-state index in [1.54, 1.807) is 29.6 Å². The first-order chi connectivity index (χ1) is 17.6. The van der Waals surface area contributed by atoms with Gasteiger partial charge >= 0.3 is 10.3 Å². The number of hydrogen-bond acceptors (Lipinski definition) is 9. The second-order valence-corrected chi connectivity index (χ2v) is 11.3. The van der Waals surface area contributed by atoms with Gasteiger partial charge < -0.3 is 10.1 Å². The molecule has 2 aromatic heterocycles. The Labute approximate surface area is 216 Å². The third-order valence-corrected chi connectivity index (χ3v) is 7.93. The van der Waals surface area contributed by atoms with Gasteiger partial charge in [-0.3, -0.25) is 8.98 Å². The number of nitrogens with two attached hydrogens (primary N) is 1. The van der Waals surface area contributed by atoms with Crippen LogP contribution in [0.2, 0.25) is 0 Å². The molecule has 37 heavy (non-hydrogen) atoms. The number of benzene rings is 1. The van der Waals surface area contributed by atoms with Crippen LogP contribution >= 0.6 is 11.3 Å². The molecule has 0 saturated heterocycles. The number of ketones is 1. The maximum absolute atomic E-state index is 14.3. The van der Waals surface area contributed by atoms with Crippen molar-refractivity contribution in [3.8, 4) is 0 Å². The van der Waals surface area contributed by atoms with Crippen LogP contribution in [0.5, 0.6) is 0 Å². The van der Waals surface area contributed by atoms with Crippen LogP contribution < -0.4 is 10.5 Å². The topological polar surface area (TPSA) is 134 Å². The van der Waals surface area contributed by atoms with Crippen LogP contribution in [0.15, 0.2) is 48.2 Å². The maximum atomic E-state index is 14.3. The Morgan fingerprint density at radius 1 is 1.30 bits per heavy atom. The third-order valence-electron chi connectivity index (χ3n) is 6.52. The second kappa shape index (κ2) is 10.1. The van der Waals surface area contributed by atoms with Gasteiger partial charge in [0.25, 0.3) is 5.92 Å². The highest BCUT2D eigenvalue weighted by Gasteiger charge is 2.42. The molecule has 3 atom stereocenters. The average molecular weight is 551 g/mol. The molecule has 0 radical (unpaired) electrons. The first-order valence-electron chi connectivity index (χ1n) is 11.6. The summed E-state index contributed by atoms with van der Waals surface area (Å²) in [7, 11) is -4.00. The van der Waals surface area contributed by atoms with Crippen molar-refractivity contribution in [2.75, 3.05) is 18.5 Å². The molecule has 9 nitrogen and oxygen atoms in total. The van der Waals surface area contributed by atoms with Crippen molar-refractivity contribution >= 4 is 33.2 Å². The summed E-state index contributed by atoms with van der Waals surface area (Å²) >= 11 is 1.20. The number of thiophene rings is 1. The lowest BCUT2D eigenvalue weighted by Crippen LogP contribution is -2.30. The van der Waals surface area contributed by atoms with Crippen LogP contribution in [0.25, 0.3) is 0 Å². The molecule has 1 aliphatic carbocycles. The van der Waals surface area contributed by atoms with Crippen LogP contribution in [0.3, 0.4) is 0 Å². The minimum Gasteiger partial charge on any atom is -0.367 e. The quantitative estimate of drug-likeness (QED) is 0.405. The number of nitrogens with zero attached hydrogens (tertiary/aromatic N) is 2. The summed E-state index contributed by atoms with van der Waals surface area (Å²) in [4.78, 5) is 22.0. The van der Waals surface area contributed by atoms with Crippen molar-refractivity contribution in [1.29, 1.82) is 0 Å². The number of ether oxygens (including phenoxy) is 1. The van der Waals surface area contributed by atoms with Crippen molar-refractivity contribution in [2.24, 2.45) is 11.1 Å². The van der Waals surface area contributed by atoms with Gasteiger partial charge in [-0.05, 0) is 47.8 Å². The molecule has 1 unspecified atom stereocenters. The van der Waals surface area contributed by atoms with Gasteiger partial charge in [-0.15, -0.1) is 11.3 Å². The average Bonchev–Trinajstić information content (AvgIpc) is 3.53. The first-order valence-corrected chi connectivity index (χ1v) is 13.9. The Hall–Kier alpha value is -2.84. The summed E-state index contributed by atoms with van der Waals surface area (Å²) in [5.74, 6) is -3.01. The molecule has 3 N–H and O–H groups in total. The molecule has 0 bridgehead atoms. The fourth-order valence-corrected chi connectivity index (χ4v) is 6.04. The highest BCUT2D eigenvalue weighted by Crippen LogP contribution is 2.43. The van der Waals surface area contributed by atoms with E-state index < -0.39 is 28.9 Å². The van der Waals surface area contributed by atoms with E-state index in [4.69, 9.17) is 14.1 Å². The molecule has 2 aliphatic rings. The third kappa shape index (κ3) is 5.70. The van der Waals surface area contributed by atoms with Crippen molar-refractivity contribution in [1.82, 2.24) is 9.97 Å². The van der Waals surface area contributed by atoms with E-state index in [0.717, 1.165) is 12.8 Å². The second-order valence-electron chi connectivity index (χ2n) is 9.14. The zero-order chi connectivity index (χ0) is 26.2. The molecule has 1 aromatic carbocycles. The number of alkyl halides is 2. The number of fused-ring (bicyclic) bond motifs is 1. The van der Waals surface area contributed by atoms with E-state index in [0.29, 0.717) is 28.2 Å². The van der Waals surface area contributed by atoms with Crippen LogP contribution in [-0.2, 0) is 25.1 Å². The summed E-state index contributed by atoms with van der Waals surface area (Å²) in [5, 5.41) is 9.91. The molecule has 1 saturated carbocycles. The Morgan fingerprint density at radius 2 is 2.11 bits per heavy atom. The van der Waals surface area contributed by atoms with Crippen LogP contribution in [0.4, 0.5) is 14.6 Å². The molecule has 196 valence electrons. The van der Waals surface area contributed by atoms with Crippen LogP contribution in [-0.4, -0.2) is 43.4 Å². The van der Waals surface area contributed by atoms with Crippen LogP contribution in [0.1, 0.15) is 57.3 Å². The highest BCUT2D eigenvalue weighted by atomic mass is 32.2. The van der Waals surface area contributed by atoms with Gasteiger partial charge in [0.15, 0.2) is 0 Å². The number of halogens is 2. The Morgan fingerprint density at radius 3 is 2.92 bits per heavy atom. The smallest absolute Gasteiger partial charge is 0.333 e. The molecule has 1 aliphatic heterocycles. The SMILES string of the molecule is NS(=O)(=O)OC[C@@H]1CC[C@H](Nc2ncncc2C(=O)c2cc(C3OCC(F)(F)c4ccccc43)cs2)C1. The number of aromatic nitrogens is 2. The highest BCUT2D eigenvalue weighted by molar-refractivity contribution is 7.84. The normalized spacial score (nSPS) is 22.9. The Balaban J connectivity index is 1.31. The molecular formula is C24H24F2N4O5S2. The standard InChI is InChI=1S/C24H24F2N4O5S2/c25-24(26)12-34-22(17-3-1-2-4-19(17)24)15-8-20(36-11-15)21(31)18-9-28-13-29-23(18)30-16-6-5-14(7-16)10-35-37(27,32)33/h1-4,8-9,11,13-14,16,22H,5-7,10,12H2,(H2,27,32,33)(H,28,29,30)/t14-,16+,22?/m1/s1. The van der Waals surface area contributed by atoms with Crippen molar-refractivity contribution in [3.05, 3.63) is 75.4 Å². The van der Waals surface area contributed by atoms with E-state index in [2.05, 4.69) is 15.3 Å². The molecule has 3 heterocycles. The fraction of sp³-hybridized carbons (Fsp3) is 0.375. The Kier molecular flexibility index (Phi) is 7.07. The number of anilines is 1. The first kappa shape index (κ1) is 25.8. The van der Waals surface area contributed by atoms with E-state index >= 15 is 0 Å². The molecule has 5 rings (SSSR count). The summed E-state index contributed by atoms with van der Waals surface area (Å²) in [6.45, 7) is -0.734. The lowest BCUT2D eigenvalue weighted by molar-refractivity contribution is -0.115. The summed E-state index contributed by atoms with van der Waals surface area (Å²) in [6, 6.07) is 7.89. The number of carbonyl (C=O) groups excluding carboxylic acids is 1. The monoisotopic (exact) mass is 550 g/mol. The van der Waals surface area contributed by atoms with Gasteiger partial charge in [-0.25, -0.2) is 15.1 Å². The summed E-state index contributed by atoms with van der Waals surface area (Å²) in [6.07, 6.45) is 4.16. The van der Waals surface area contributed by atoms with Crippen molar-refractivity contribution in [2.45, 2.75) is 37.3 Å². The Bertz CT molecular complexity index is 1420. The van der Waals surface area contributed by atoms with Gasteiger partial charge in [0, 0.05) is 17.8 Å². The number of rotatable bonds is 8. The fourth-order valence-electron chi connectivity index (χ4n) is 4.78. The van der Waals surface area contributed by atoms with Crippen molar-refractivity contribution in [3.63, 3.8) is 0 Å². The van der Waals surface area contributed by atoms with Gasteiger partial charge in [0.2, 0.25) is 5.78 Å². The van der Waals surface area contributed by atoms with Crippen LogP contribution in [0, 0.1) is 5.92 Å². The largest absolute Gasteiger partial charge is 0.367 e. The van der Waals surface area contributed by atoms with Gasteiger partial charge in [-0.2, -0.15) is 17.2 Å². The molecule has 0 spiro atoms. The number of hydrogen-bond donors (Lipinski definition) is 2. The zero-order valence-corrected chi connectivity index (χ0v) is 21.1. The number of carbonyl (C=O) groups is 1. The molecule has 1 fully saturated rings. The zero-order valence-electron chi connectivity index (χ0n) is 19.5. The molecule has 0 amide bonds. The van der Waals surface area contributed by atoms with E-state index in [-0.39, 0.29) is 35.5 Å². The predicted molar refractivity (Wildman–Crippen MR) is 132 cm³/mol. The van der Waals surface area contributed by atoms with Crippen molar-refractivity contribution < 1.29 is 30.9 Å². The molecule has 3 aromatic rings. The minimum atomic E-state index is -4.00. The van der Waals surface area contributed by atoms with E-state index in [9.17, 15) is 22.0 Å². The van der Waals surface area contributed by atoms with Gasteiger partial charge in [-0.1, -0.05) is 24.3 Å². The minimum absolute atomic E-state index is 0.00224. The summed E-state index contributed by atoms with van der Waals surface area (Å²) < 4.78 is 61.0. The van der Waals surface area contributed by atoms with Gasteiger partial charge in [0.1, 0.15) is 24.9 Å². The predicted octanol–water partition coefficient (Wildman–Crippen LogP) is 3.78. The molecule has 13 heteroatoms. The lowest BCUT2D eigenvalue weighted by atomic mass is 9.92. The lowest BCUT2D eigenvalue weighted by Gasteiger charge is -2.31. The maximum Gasteiger partial charge on any atom is 0.333 e. The molecular weight excluding hydrogens is 526 g/mol. The number of nitrogens with one attached hydrogen (secondary N) is 1. The summed E-state index contributed by atoms with van der Waals surface area (Å²) in [5.41, 5.74) is 1.20. The van der Waals surface area contributed by atoms with E-state index in [1.807, 2.05) is 0 Å². The van der Waals surface area contributed by atoms with E-state index in [1.165, 1.54) is 29.9 Å².